The zero-order valence-corrected chi connectivity index (χ0v) is 18.6. The number of carbonyl (C=O) groups excluding carboxylic acids is 1. The Labute approximate surface area is 186 Å². The van der Waals surface area contributed by atoms with Crippen molar-refractivity contribution >= 4 is 11.7 Å². The maximum atomic E-state index is 13.8. The van der Waals surface area contributed by atoms with Gasteiger partial charge >= 0.3 is 6.03 Å². The maximum Gasteiger partial charge on any atom is 0.319 e. The average molecular weight is 438 g/mol. The van der Waals surface area contributed by atoms with Crippen LogP contribution in [-0.2, 0) is 6.54 Å². The van der Waals surface area contributed by atoms with Crippen LogP contribution in [0.25, 0.3) is 11.3 Å². The first kappa shape index (κ1) is 23.1. The van der Waals surface area contributed by atoms with Crippen molar-refractivity contribution in [3.8, 4) is 11.3 Å². The number of hydrogen-bond acceptors (Lipinski definition) is 4. The van der Waals surface area contributed by atoms with E-state index in [1.807, 2.05) is 32.3 Å². The summed E-state index contributed by atoms with van der Waals surface area (Å²) in [5.41, 5.74) is 3.06. The number of aromatic nitrogens is 2. The lowest BCUT2D eigenvalue weighted by Gasteiger charge is -2.12. The second-order valence-corrected chi connectivity index (χ2v) is 7.97. The fraction of sp³-hybridized carbons (Fsp3) is 0.292. The molecule has 32 heavy (non-hydrogen) atoms. The number of rotatable bonds is 8. The number of hydrogen-bond donors (Lipinski definition) is 2. The largest absolute Gasteiger partial charge is 0.338 e. The fourth-order valence-corrected chi connectivity index (χ4v) is 3.29. The van der Waals surface area contributed by atoms with E-state index >= 15 is 0 Å². The second-order valence-electron chi connectivity index (χ2n) is 7.97. The number of benzene rings is 2. The Hall–Kier alpha value is -3.52. The number of amides is 2. The zero-order valence-electron chi connectivity index (χ0n) is 18.6. The van der Waals surface area contributed by atoms with Gasteiger partial charge in [-0.15, -0.1) is 0 Å². The Morgan fingerprint density at radius 3 is 2.69 bits per heavy atom. The molecule has 0 atom stereocenters. The number of anilines is 1. The van der Waals surface area contributed by atoms with Crippen LogP contribution in [0.4, 0.5) is 14.9 Å². The van der Waals surface area contributed by atoms with Crippen LogP contribution >= 0.6 is 0 Å². The number of nitrogens with zero attached hydrogens (tertiary/aromatic N) is 3. The Morgan fingerprint density at radius 1 is 1.12 bits per heavy atom. The number of halogens is 1. The summed E-state index contributed by atoms with van der Waals surface area (Å²) in [6.07, 6.45) is 0.857. The molecule has 0 radical (unpaired) electrons. The van der Waals surface area contributed by atoms with E-state index in [-0.39, 0.29) is 24.0 Å². The molecule has 0 unspecified atom stereocenters. The molecule has 0 saturated heterocycles. The van der Waals surface area contributed by atoms with E-state index in [4.69, 9.17) is 0 Å². The van der Waals surface area contributed by atoms with Gasteiger partial charge in [0.25, 0.3) is 5.56 Å². The smallest absolute Gasteiger partial charge is 0.319 e. The van der Waals surface area contributed by atoms with Crippen molar-refractivity contribution in [2.75, 3.05) is 32.5 Å². The molecule has 1 heterocycles. The van der Waals surface area contributed by atoms with Gasteiger partial charge in [-0.1, -0.05) is 12.1 Å². The molecule has 0 fully saturated rings. The van der Waals surface area contributed by atoms with Crippen molar-refractivity contribution in [3.05, 3.63) is 81.9 Å². The molecule has 0 aliphatic carbocycles. The second kappa shape index (κ2) is 10.7. The quantitative estimate of drug-likeness (QED) is 0.529. The molecule has 8 heteroatoms. The SMILES string of the molecule is Cc1cc(F)cc(-c2ccc(=O)n(Cc3cccc(NC(=O)NCCCN(C)C)c3)n2)c1. The topological polar surface area (TPSA) is 79.3 Å². The summed E-state index contributed by atoms with van der Waals surface area (Å²) in [6.45, 7) is 3.50. The minimum atomic E-state index is -0.349. The maximum absolute atomic E-state index is 13.8. The predicted molar refractivity (Wildman–Crippen MR) is 124 cm³/mol. The van der Waals surface area contributed by atoms with Crippen LogP contribution in [0.3, 0.4) is 0 Å². The number of aryl methyl sites for hydroxylation is 1. The molecule has 0 spiro atoms. The van der Waals surface area contributed by atoms with Crippen LogP contribution in [0.2, 0.25) is 0 Å². The van der Waals surface area contributed by atoms with Crippen molar-refractivity contribution in [1.82, 2.24) is 20.0 Å². The molecule has 2 N–H and O–H groups in total. The van der Waals surface area contributed by atoms with Crippen LogP contribution in [0.5, 0.6) is 0 Å². The lowest BCUT2D eigenvalue weighted by molar-refractivity contribution is 0.251. The third-order valence-corrected chi connectivity index (χ3v) is 4.79. The lowest BCUT2D eigenvalue weighted by Crippen LogP contribution is -2.31. The molecule has 2 aromatic carbocycles. The molecule has 0 bridgehead atoms. The van der Waals surface area contributed by atoms with Gasteiger partial charge in [0.05, 0.1) is 12.2 Å². The van der Waals surface area contributed by atoms with Gasteiger partial charge < -0.3 is 15.5 Å². The van der Waals surface area contributed by atoms with Crippen molar-refractivity contribution in [2.24, 2.45) is 0 Å². The van der Waals surface area contributed by atoms with Gasteiger partial charge in [-0.2, -0.15) is 5.10 Å². The Bertz CT molecular complexity index is 1120. The van der Waals surface area contributed by atoms with Crippen LogP contribution in [0.1, 0.15) is 17.5 Å². The van der Waals surface area contributed by atoms with Crippen LogP contribution in [-0.4, -0.2) is 47.9 Å². The lowest BCUT2D eigenvalue weighted by atomic mass is 10.1. The monoisotopic (exact) mass is 437 g/mol. The van der Waals surface area contributed by atoms with E-state index in [9.17, 15) is 14.0 Å². The summed E-state index contributed by atoms with van der Waals surface area (Å²) in [5.74, 6) is -0.349. The van der Waals surface area contributed by atoms with Crippen LogP contribution in [0, 0.1) is 12.7 Å². The number of nitrogens with one attached hydrogen (secondary N) is 2. The first-order valence-corrected chi connectivity index (χ1v) is 10.4. The summed E-state index contributed by atoms with van der Waals surface area (Å²) in [7, 11) is 3.97. The number of carbonyl (C=O) groups is 1. The molecule has 0 aliphatic rings. The number of urea groups is 1. The van der Waals surface area contributed by atoms with Crippen LogP contribution < -0.4 is 16.2 Å². The average Bonchev–Trinajstić information content (AvgIpc) is 2.72. The minimum Gasteiger partial charge on any atom is -0.338 e. The Kier molecular flexibility index (Phi) is 7.72. The van der Waals surface area contributed by atoms with Crippen molar-refractivity contribution in [3.63, 3.8) is 0 Å². The normalized spacial score (nSPS) is 10.9. The van der Waals surface area contributed by atoms with Crippen molar-refractivity contribution < 1.29 is 9.18 Å². The molecule has 3 aromatic rings. The molecule has 168 valence electrons. The highest BCUT2D eigenvalue weighted by atomic mass is 19.1. The van der Waals surface area contributed by atoms with Crippen LogP contribution in [0.15, 0.2) is 59.4 Å². The predicted octanol–water partition coefficient (Wildman–Crippen LogP) is 3.48. The molecule has 3 rings (SSSR count). The molecular formula is C24H28FN5O2. The third-order valence-electron chi connectivity index (χ3n) is 4.79. The summed E-state index contributed by atoms with van der Waals surface area (Å²) < 4.78 is 15.1. The van der Waals surface area contributed by atoms with Gasteiger partial charge in [0, 0.05) is 23.9 Å². The van der Waals surface area contributed by atoms with Gasteiger partial charge in [-0.3, -0.25) is 4.79 Å². The van der Waals surface area contributed by atoms with E-state index < -0.39 is 0 Å². The summed E-state index contributed by atoms with van der Waals surface area (Å²) in [5, 5.41) is 10.0. The summed E-state index contributed by atoms with van der Waals surface area (Å²) >= 11 is 0. The van der Waals surface area contributed by atoms with Crippen molar-refractivity contribution in [1.29, 1.82) is 0 Å². The molecular weight excluding hydrogens is 409 g/mol. The highest BCUT2D eigenvalue weighted by Crippen LogP contribution is 2.19. The highest BCUT2D eigenvalue weighted by molar-refractivity contribution is 5.89. The summed E-state index contributed by atoms with van der Waals surface area (Å²) in [4.78, 5) is 26.5. The van der Waals surface area contributed by atoms with E-state index in [1.54, 1.807) is 25.1 Å². The first-order chi connectivity index (χ1) is 15.3. The minimum absolute atomic E-state index is 0.223. The standard InChI is InChI=1S/C24H28FN5O2/c1-17-12-19(15-20(25)13-17)22-8-9-23(31)30(28-22)16-18-6-4-7-21(14-18)27-24(32)26-10-5-11-29(2)3/h4,6-9,12-15H,5,10-11,16H2,1-3H3,(H2,26,27,32). The molecule has 2 amide bonds. The van der Waals surface area contributed by atoms with Gasteiger partial charge in [0.2, 0.25) is 0 Å². The first-order valence-electron chi connectivity index (χ1n) is 10.4. The molecule has 1 aromatic heterocycles. The van der Waals surface area contributed by atoms with E-state index in [2.05, 4.69) is 20.6 Å². The van der Waals surface area contributed by atoms with Crippen molar-refractivity contribution in [2.45, 2.75) is 19.9 Å². The van der Waals surface area contributed by atoms with Gasteiger partial charge in [0.1, 0.15) is 5.82 Å². The van der Waals surface area contributed by atoms with E-state index in [0.717, 1.165) is 24.1 Å². The van der Waals surface area contributed by atoms with E-state index in [0.29, 0.717) is 23.5 Å². The van der Waals surface area contributed by atoms with E-state index in [1.165, 1.54) is 22.9 Å². The van der Waals surface area contributed by atoms with Gasteiger partial charge in [0.15, 0.2) is 0 Å². The van der Waals surface area contributed by atoms with Gasteiger partial charge in [-0.25, -0.2) is 13.9 Å². The van der Waals surface area contributed by atoms with Gasteiger partial charge in [-0.05, 0) is 81.5 Å². The Morgan fingerprint density at radius 2 is 1.94 bits per heavy atom. The third kappa shape index (κ3) is 6.75. The fourth-order valence-electron chi connectivity index (χ4n) is 3.29. The highest BCUT2D eigenvalue weighted by Gasteiger charge is 2.08. The molecule has 0 saturated carbocycles. The molecule has 0 aliphatic heterocycles. The Balaban J connectivity index is 1.70. The molecule has 7 nitrogen and oxygen atoms in total. The summed E-state index contributed by atoms with van der Waals surface area (Å²) in [6, 6.07) is 14.6. The zero-order chi connectivity index (χ0) is 23.1.